The minimum Gasteiger partial charge on any atom is -0.504 e. The summed E-state index contributed by atoms with van der Waals surface area (Å²) >= 11 is 0. The van der Waals surface area contributed by atoms with E-state index in [9.17, 15) is 51.1 Å². The second-order valence-electron chi connectivity index (χ2n) is 7.93. The van der Waals surface area contributed by atoms with Crippen molar-refractivity contribution in [3.05, 3.63) is 59.4 Å². The van der Waals surface area contributed by atoms with Crippen molar-refractivity contribution in [2.45, 2.75) is 9.79 Å². The molecule has 4 aromatic rings. The largest absolute Gasteiger partial charge is 0.504 e. The fraction of sp³-hybridized carbons (Fsp3) is 0. The lowest BCUT2D eigenvalue weighted by Crippen LogP contribution is -2.15. The van der Waals surface area contributed by atoms with E-state index in [4.69, 9.17) is 5.11 Å². The van der Waals surface area contributed by atoms with Gasteiger partial charge < -0.3 is 20.4 Å². The fourth-order valence-corrected chi connectivity index (χ4v) is 5.12. The summed E-state index contributed by atoms with van der Waals surface area (Å²) < 4.78 is 61.3. The summed E-state index contributed by atoms with van der Waals surface area (Å²) in [6, 6.07) is 6.04. The smallest absolute Gasteiger partial charge is 0.373 e. The molecule has 212 valence electrons. The predicted octanol–water partition coefficient (Wildman–Crippen LogP) is 2.22. The second-order valence-corrected chi connectivity index (χ2v) is 11.0. The molecule has 1 aromatic heterocycles. The van der Waals surface area contributed by atoms with E-state index < -0.39 is 87.9 Å². The predicted molar refractivity (Wildman–Crippen MR) is 134 cm³/mol. The van der Waals surface area contributed by atoms with Crippen molar-refractivity contribution in [2.75, 3.05) is 4.72 Å². The Hall–Kier alpha value is -5.47. The van der Waals surface area contributed by atoms with Crippen LogP contribution in [-0.4, -0.2) is 74.9 Å². The van der Waals surface area contributed by atoms with Crippen LogP contribution in [-0.2, 0) is 20.1 Å². The summed E-state index contributed by atoms with van der Waals surface area (Å²) in [6.07, 6.45) is 0. The van der Waals surface area contributed by atoms with Crippen LogP contribution in [0.5, 0.6) is 5.75 Å². The Labute approximate surface area is 227 Å². The van der Waals surface area contributed by atoms with E-state index in [0.717, 1.165) is 42.5 Å². The molecule has 0 aliphatic carbocycles. The molecule has 0 spiro atoms. The van der Waals surface area contributed by atoms with Crippen molar-refractivity contribution in [2.24, 2.45) is 10.2 Å². The number of anilines is 1. The van der Waals surface area contributed by atoms with E-state index in [1.807, 2.05) is 9.82 Å². The molecule has 0 unspecified atom stereocenters. The number of aromatic hydroxyl groups is 1. The minimum absolute atomic E-state index is 0.0902. The highest BCUT2D eigenvalue weighted by atomic mass is 32.2. The van der Waals surface area contributed by atoms with Crippen LogP contribution in [0, 0.1) is 0 Å². The van der Waals surface area contributed by atoms with Crippen LogP contribution in [0.1, 0.15) is 31.3 Å². The molecule has 0 saturated heterocycles. The van der Waals surface area contributed by atoms with Gasteiger partial charge in [-0.25, -0.2) is 22.8 Å². The minimum atomic E-state index is -4.90. The molecule has 4 rings (SSSR count). The second kappa shape index (κ2) is 10.3. The lowest BCUT2D eigenvalue weighted by molar-refractivity contribution is 0.0674. The molecule has 0 saturated carbocycles. The van der Waals surface area contributed by atoms with Crippen molar-refractivity contribution in [3.8, 4) is 5.75 Å². The Kier molecular flexibility index (Phi) is 7.14. The highest BCUT2D eigenvalue weighted by Crippen LogP contribution is 2.42. The summed E-state index contributed by atoms with van der Waals surface area (Å²) in [6.45, 7) is 0. The molecule has 41 heavy (non-hydrogen) atoms. The lowest BCUT2D eigenvalue weighted by atomic mass is 10.1. The van der Waals surface area contributed by atoms with Gasteiger partial charge in [-0.3, -0.25) is 14.4 Å². The number of aromatic amines is 1. The van der Waals surface area contributed by atoms with Crippen molar-refractivity contribution < 1.29 is 56.2 Å². The average molecular weight is 607 g/mol. The number of hydrogen-bond acceptors (Lipinski definition) is 12. The number of aromatic carboxylic acids is 3. The number of hydrogen-bond donors (Lipinski definition) is 7. The zero-order valence-corrected chi connectivity index (χ0v) is 21.4. The van der Waals surface area contributed by atoms with Gasteiger partial charge in [0.2, 0.25) is 5.82 Å². The number of nitrogens with zero attached hydrogens (tertiary/aromatic N) is 4. The van der Waals surface area contributed by atoms with Gasteiger partial charge in [-0.15, -0.1) is 15.3 Å². The molecule has 20 heteroatoms. The van der Waals surface area contributed by atoms with E-state index in [1.165, 1.54) is 0 Å². The molecular formula is C21H14N6O12S2. The third-order valence-electron chi connectivity index (χ3n) is 5.20. The first kappa shape index (κ1) is 28.5. The topological polar surface area (TPSA) is 299 Å². The van der Waals surface area contributed by atoms with Gasteiger partial charge in [-0.05, 0) is 41.8 Å². The van der Waals surface area contributed by atoms with Gasteiger partial charge in [0, 0.05) is 5.39 Å². The number of carboxylic acid groups (broad SMARTS) is 3. The number of carbonyl (C=O) groups is 3. The zero-order valence-electron chi connectivity index (χ0n) is 19.7. The molecule has 3 aromatic carbocycles. The van der Waals surface area contributed by atoms with Gasteiger partial charge in [0.1, 0.15) is 10.6 Å². The van der Waals surface area contributed by atoms with Crippen LogP contribution in [0.4, 0.5) is 17.3 Å². The third-order valence-corrected chi connectivity index (χ3v) is 7.45. The summed E-state index contributed by atoms with van der Waals surface area (Å²) in [5.74, 6) is -6.84. The first-order chi connectivity index (χ1) is 19.1. The first-order valence-electron chi connectivity index (χ1n) is 10.6. The van der Waals surface area contributed by atoms with Crippen LogP contribution >= 0.6 is 0 Å². The molecule has 0 aliphatic heterocycles. The van der Waals surface area contributed by atoms with E-state index in [2.05, 4.69) is 20.3 Å². The normalized spacial score (nSPS) is 12.0. The lowest BCUT2D eigenvalue weighted by Gasteiger charge is -2.14. The number of nitrogens with one attached hydrogen (secondary N) is 2. The highest BCUT2D eigenvalue weighted by molar-refractivity contribution is 7.92. The van der Waals surface area contributed by atoms with Crippen LogP contribution < -0.4 is 4.72 Å². The number of H-pyrrole nitrogens is 1. The maximum atomic E-state index is 13.3. The monoisotopic (exact) mass is 606 g/mol. The van der Waals surface area contributed by atoms with Crippen molar-refractivity contribution in [1.82, 2.24) is 15.2 Å². The Morgan fingerprint density at radius 2 is 1.49 bits per heavy atom. The maximum Gasteiger partial charge on any atom is 0.373 e. The quantitative estimate of drug-likeness (QED) is 0.106. The number of benzene rings is 3. The first-order valence-corrected chi connectivity index (χ1v) is 13.5. The molecule has 0 amide bonds. The number of aromatic nitrogens is 3. The van der Waals surface area contributed by atoms with Crippen molar-refractivity contribution >= 4 is 66.1 Å². The molecule has 1 heterocycles. The highest BCUT2D eigenvalue weighted by Gasteiger charge is 2.26. The molecule has 0 aliphatic rings. The number of phenols is 1. The number of fused-ring (bicyclic) bond motifs is 1. The molecule has 18 nitrogen and oxygen atoms in total. The molecule has 0 radical (unpaired) electrons. The number of phenolic OH excluding ortho intramolecular Hbond substituents is 1. The summed E-state index contributed by atoms with van der Waals surface area (Å²) in [5.41, 5.74) is -2.26. The Morgan fingerprint density at radius 3 is 2.02 bits per heavy atom. The summed E-state index contributed by atoms with van der Waals surface area (Å²) in [4.78, 5) is 35.7. The zero-order chi connectivity index (χ0) is 30.3. The van der Waals surface area contributed by atoms with Gasteiger partial charge >= 0.3 is 17.9 Å². The van der Waals surface area contributed by atoms with Crippen LogP contribution in [0.15, 0.2) is 62.5 Å². The Balaban J connectivity index is 1.91. The van der Waals surface area contributed by atoms with E-state index >= 15 is 0 Å². The van der Waals surface area contributed by atoms with E-state index in [1.54, 1.807) is 0 Å². The molecule has 0 fully saturated rings. The standard InChI is InChI=1S/C21H14N6O12S2/c28-16-14(40(35,36)27-11-4-9(18(29)30)3-10(5-11)19(31)32)7-8-6-12(41(37,38)39)1-2-13(8)15(16)23-25-21-22-17(20(33)34)24-26-21/h1-7,27-28H,(H,29,30)(H,31,32)(H,33,34)(H,22,24,26)(H,37,38,39). The Bertz CT molecular complexity index is 1990. The number of rotatable bonds is 9. The molecule has 7 N–H and O–H groups in total. The number of azo groups is 1. The van der Waals surface area contributed by atoms with Gasteiger partial charge in [0.25, 0.3) is 26.1 Å². The number of sulfonamides is 1. The summed E-state index contributed by atoms with van der Waals surface area (Å²) in [7, 11) is -9.67. The van der Waals surface area contributed by atoms with E-state index in [0.29, 0.717) is 0 Å². The molecule has 0 atom stereocenters. The number of carboxylic acids is 3. The van der Waals surface area contributed by atoms with Crippen molar-refractivity contribution in [3.63, 3.8) is 0 Å². The van der Waals surface area contributed by atoms with Crippen molar-refractivity contribution in [1.29, 1.82) is 0 Å². The van der Waals surface area contributed by atoms with E-state index in [-0.39, 0.29) is 10.8 Å². The van der Waals surface area contributed by atoms with Crippen LogP contribution in [0.2, 0.25) is 0 Å². The fourth-order valence-electron chi connectivity index (χ4n) is 3.43. The molecular weight excluding hydrogens is 592 g/mol. The SMILES string of the molecule is O=C(O)c1cc(NS(=O)(=O)c2cc3cc(S(=O)(=O)O)ccc3c(N=Nc3n[nH]c(C(=O)O)n3)c2O)cc(C(=O)O)c1. The van der Waals surface area contributed by atoms with Gasteiger partial charge in [-0.1, -0.05) is 6.07 Å². The van der Waals surface area contributed by atoms with Gasteiger partial charge in [0.05, 0.1) is 21.7 Å². The third kappa shape index (κ3) is 5.93. The van der Waals surface area contributed by atoms with Gasteiger partial charge in [0.15, 0.2) is 5.75 Å². The summed E-state index contributed by atoms with van der Waals surface area (Å²) in [5, 5.41) is 50.9. The van der Waals surface area contributed by atoms with Crippen LogP contribution in [0.3, 0.4) is 0 Å². The van der Waals surface area contributed by atoms with Gasteiger partial charge in [-0.2, -0.15) is 13.4 Å². The average Bonchev–Trinajstić information content (AvgIpc) is 3.36. The van der Waals surface area contributed by atoms with Crippen LogP contribution in [0.25, 0.3) is 10.8 Å². The maximum absolute atomic E-state index is 13.3. The molecule has 0 bridgehead atoms. The Morgan fingerprint density at radius 1 is 0.854 bits per heavy atom.